The Morgan fingerprint density at radius 2 is 1.87 bits per heavy atom. The van der Waals surface area contributed by atoms with E-state index in [0.29, 0.717) is 11.8 Å². The zero-order valence-electron chi connectivity index (χ0n) is 9.63. The molecule has 1 rings (SSSR count). The average Bonchev–Trinajstić information content (AvgIpc) is 2.10. The van der Waals surface area contributed by atoms with Gasteiger partial charge in [0, 0.05) is 11.4 Å². The molecule has 0 unspecified atom stereocenters. The summed E-state index contributed by atoms with van der Waals surface area (Å²) in [5.41, 5.74) is 1.65. The molecule has 0 saturated heterocycles. The minimum atomic E-state index is -0.106. The number of nitrogens with zero attached hydrogens (tertiary/aromatic N) is 3. The Kier molecular flexibility index (Phi) is 3.85. The highest BCUT2D eigenvalue weighted by Gasteiger charge is 2.18. The fourth-order valence-corrected chi connectivity index (χ4v) is 1.58. The van der Waals surface area contributed by atoms with Crippen molar-refractivity contribution in [2.24, 2.45) is 0 Å². The lowest BCUT2D eigenvalue weighted by Gasteiger charge is -2.25. The first-order chi connectivity index (χ1) is 6.94. The summed E-state index contributed by atoms with van der Waals surface area (Å²) in [7, 11) is 0. The number of nitrogens with one attached hydrogen (secondary N) is 1. The maximum Gasteiger partial charge on any atom is 0.243 e. The molecule has 0 aliphatic rings. The molecule has 1 aromatic rings. The lowest BCUT2D eigenvalue weighted by atomic mass is 10.0. The van der Waals surface area contributed by atoms with Crippen LogP contribution in [0, 0.1) is 13.8 Å². The van der Waals surface area contributed by atoms with Crippen molar-refractivity contribution in [3.8, 4) is 0 Å². The summed E-state index contributed by atoms with van der Waals surface area (Å²) in [6.45, 7) is 7.94. The van der Waals surface area contributed by atoms with Crippen molar-refractivity contribution < 1.29 is 0 Å². The fraction of sp³-hybridized carbons (Fsp3) is 0.700. The number of aromatic nitrogens is 3. The standard InChI is InChI=1S/C10H17ClN4/c1-7-8(2)14-15-9(12-7)13-10(3,4)5-6-11/h5-6H2,1-4H3,(H,12,13,15). The molecule has 0 atom stereocenters. The molecule has 0 fully saturated rings. The van der Waals surface area contributed by atoms with Crippen LogP contribution >= 0.6 is 11.6 Å². The SMILES string of the molecule is Cc1nnc(NC(C)(C)CCCl)nc1C. The largest absolute Gasteiger partial charge is 0.348 e. The molecule has 0 radical (unpaired) electrons. The second-order valence-electron chi connectivity index (χ2n) is 4.25. The van der Waals surface area contributed by atoms with Crippen molar-refractivity contribution in [1.29, 1.82) is 0 Å². The Bertz CT molecular complexity index is 338. The van der Waals surface area contributed by atoms with Crippen molar-refractivity contribution in [3.05, 3.63) is 11.4 Å². The first-order valence-electron chi connectivity index (χ1n) is 4.97. The van der Waals surface area contributed by atoms with Gasteiger partial charge in [0.15, 0.2) is 0 Å². The highest BCUT2D eigenvalue weighted by molar-refractivity contribution is 6.17. The van der Waals surface area contributed by atoms with Crippen LogP contribution in [-0.2, 0) is 0 Å². The monoisotopic (exact) mass is 228 g/mol. The minimum absolute atomic E-state index is 0.106. The Labute approximate surface area is 95.5 Å². The molecule has 1 aromatic heterocycles. The van der Waals surface area contributed by atoms with Crippen molar-refractivity contribution in [2.45, 2.75) is 39.7 Å². The quantitative estimate of drug-likeness (QED) is 0.804. The van der Waals surface area contributed by atoms with Crippen molar-refractivity contribution in [3.63, 3.8) is 0 Å². The number of rotatable bonds is 4. The van der Waals surface area contributed by atoms with Crippen LogP contribution in [0.4, 0.5) is 5.95 Å². The molecule has 84 valence electrons. The van der Waals surface area contributed by atoms with Crippen LogP contribution in [-0.4, -0.2) is 26.6 Å². The second-order valence-corrected chi connectivity index (χ2v) is 4.63. The highest BCUT2D eigenvalue weighted by atomic mass is 35.5. The van der Waals surface area contributed by atoms with E-state index in [0.717, 1.165) is 17.8 Å². The molecular weight excluding hydrogens is 212 g/mol. The van der Waals surface area contributed by atoms with E-state index in [1.807, 2.05) is 13.8 Å². The third kappa shape index (κ3) is 3.63. The van der Waals surface area contributed by atoms with Gasteiger partial charge in [0.2, 0.25) is 5.95 Å². The van der Waals surface area contributed by atoms with E-state index in [-0.39, 0.29) is 5.54 Å². The van der Waals surface area contributed by atoms with Crippen molar-refractivity contribution in [2.75, 3.05) is 11.2 Å². The van der Waals surface area contributed by atoms with E-state index < -0.39 is 0 Å². The Balaban J connectivity index is 2.76. The number of anilines is 1. The summed E-state index contributed by atoms with van der Waals surface area (Å²) in [5, 5.41) is 11.2. The molecule has 0 aromatic carbocycles. The van der Waals surface area contributed by atoms with Crippen LogP contribution in [0.25, 0.3) is 0 Å². The summed E-state index contributed by atoms with van der Waals surface area (Å²) < 4.78 is 0. The summed E-state index contributed by atoms with van der Waals surface area (Å²) in [4.78, 5) is 4.31. The third-order valence-corrected chi connectivity index (χ3v) is 2.45. The molecule has 5 heteroatoms. The van der Waals surface area contributed by atoms with Crippen molar-refractivity contribution in [1.82, 2.24) is 15.2 Å². The minimum Gasteiger partial charge on any atom is -0.348 e. The zero-order chi connectivity index (χ0) is 11.5. The molecule has 1 heterocycles. The van der Waals surface area contributed by atoms with Gasteiger partial charge in [-0.1, -0.05) is 0 Å². The maximum atomic E-state index is 5.71. The third-order valence-electron chi connectivity index (χ3n) is 2.26. The van der Waals surface area contributed by atoms with E-state index >= 15 is 0 Å². The van der Waals surface area contributed by atoms with Crippen LogP contribution in [0.3, 0.4) is 0 Å². The molecule has 0 amide bonds. The molecule has 0 spiro atoms. The predicted molar refractivity (Wildman–Crippen MR) is 62.3 cm³/mol. The zero-order valence-corrected chi connectivity index (χ0v) is 10.4. The Morgan fingerprint density at radius 3 is 2.40 bits per heavy atom. The van der Waals surface area contributed by atoms with Crippen LogP contribution in [0.5, 0.6) is 0 Å². The summed E-state index contributed by atoms with van der Waals surface area (Å²) >= 11 is 5.71. The molecule has 1 N–H and O–H groups in total. The lowest BCUT2D eigenvalue weighted by molar-refractivity contribution is 0.542. The normalized spacial score (nSPS) is 11.5. The molecular formula is C10H17ClN4. The van der Waals surface area contributed by atoms with Gasteiger partial charge >= 0.3 is 0 Å². The average molecular weight is 229 g/mol. The van der Waals surface area contributed by atoms with Gasteiger partial charge in [-0.25, -0.2) is 4.98 Å². The van der Waals surface area contributed by atoms with Crippen LogP contribution in [0.1, 0.15) is 31.7 Å². The molecule has 0 saturated carbocycles. The first-order valence-corrected chi connectivity index (χ1v) is 5.50. The summed E-state index contributed by atoms with van der Waals surface area (Å²) in [6, 6.07) is 0. The van der Waals surface area contributed by atoms with Crippen LogP contribution in [0.15, 0.2) is 0 Å². The molecule has 0 aliphatic carbocycles. The van der Waals surface area contributed by atoms with Crippen LogP contribution < -0.4 is 5.32 Å². The Morgan fingerprint density at radius 1 is 1.20 bits per heavy atom. The van der Waals surface area contributed by atoms with Gasteiger partial charge in [-0.2, -0.15) is 5.10 Å². The highest BCUT2D eigenvalue weighted by Crippen LogP contribution is 2.15. The second kappa shape index (κ2) is 4.75. The van der Waals surface area contributed by atoms with Crippen molar-refractivity contribution >= 4 is 17.5 Å². The maximum absolute atomic E-state index is 5.71. The lowest BCUT2D eigenvalue weighted by Crippen LogP contribution is -2.32. The first kappa shape index (κ1) is 12.2. The van der Waals surface area contributed by atoms with E-state index in [1.165, 1.54) is 0 Å². The van der Waals surface area contributed by atoms with Gasteiger partial charge in [-0.05, 0) is 34.1 Å². The smallest absolute Gasteiger partial charge is 0.243 e. The number of aryl methyl sites for hydroxylation is 2. The molecule has 0 aliphatic heterocycles. The number of hydrogen-bond donors (Lipinski definition) is 1. The number of halogens is 1. The number of alkyl halides is 1. The van der Waals surface area contributed by atoms with Gasteiger partial charge in [0.1, 0.15) is 0 Å². The van der Waals surface area contributed by atoms with E-state index in [1.54, 1.807) is 0 Å². The summed E-state index contributed by atoms with van der Waals surface area (Å²) in [5.74, 6) is 1.17. The number of hydrogen-bond acceptors (Lipinski definition) is 4. The molecule has 0 bridgehead atoms. The van der Waals surface area contributed by atoms with E-state index in [4.69, 9.17) is 11.6 Å². The van der Waals surface area contributed by atoms with Gasteiger partial charge in [-0.3, -0.25) is 0 Å². The molecule has 4 nitrogen and oxygen atoms in total. The fourth-order valence-electron chi connectivity index (χ4n) is 1.11. The van der Waals surface area contributed by atoms with Gasteiger partial charge < -0.3 is 5.32 Å². The van der Waals surface area contributed by atoms with E-state index in [2.05, 4.69) is 34.3 Å². The summed E-state index contributed by atoms with van der Waals surface area (Å²) in [6.07, 6.45) is 0.852. The predicted octanol–water partition coefficient (Wildman–Crippen LogP) is 2.31. The van der Waals surface area contributed by atoms with E-state index in [9.17, 15) is 0 Å². The van der Waals surface area contributed by atoms with Crippen LogP contribution in [0.2, 0.25) is 0 Å². The van der Waals surface area contributed by atoms with Gasteiger partial charge in [-0.15, -0.1) is 16.7 Å². The molecule has 15 heavy (non-hydrogen) atoms. The van der Waals surface area contributed by atoms with Gasteiger partial charge in [0.25, 0.3) is 0 Å². The Hall–Kier alpha value is -0.900. The van der Waals surface area contributed by atoms with Gasteiger partial charge in [0.05, 0.1) is 11.4 Å². The topological polar surface area (TPSA) is 50.7 Å².